The SMILES string of the molecule is C=C=CCC1(c2ccccc2)C(=O)N(C)c2ccccc21. The lowest BCUT2D eigenvalue weighted by molar-refractivity contribution is -0.121. The largest absolute Gasteiger partial charge is 0.314 e. The Kier molecular flexibility index (Phi) is 3.25. The molecule has 0 saturated heterocycles. The molecule has 1 atom stereocenters. The van der Waals surface area contributed by atoms with Crippen LogP contribution in [0.2, 0.25) is 0 Å². The highest BCUT2D eigenvalue weighted by Gasteiger charge is 2.49. The molecule has 2 aromatic rings. The number of allylic oxidation sites excluding steroid dienone is 1. The topological polar surface area (TPSA) is 20.3 Å². The van der Waals surface area contributed by atoms with Crippen LogP contribution < -0.4 is 4.90 Å². The standard InChI is InChI=1S/C19H17NO/c1-3-4-14-19(15-10-6-5-7-11-15)16-12-8-9-13-17(16)20(2)18(19)21/h4-13H,1,14H2,2H3. The first-order valence-electron chi connectivity index (χ1n) is 6.99. The minimum atomic E-state index is -0.669. The summed E-state index contributed by atoms with van der Waals surface area (Å²) in [6.07, 6.45) is 2.42. The van der Waals surface area contributed by atoms with Gasteiger partial charge in [0.2, 0.25) is 5.91 Å². The van der Waals surface area contributed by atoms with Gasteiger partial charge in [0.15, 0.2) is 0 Å². The lowest BCUT2D eigenvalue weighted by Crippen LogP contribution is -2.39. The molecule has 21 heavy (non-hydrogen) atoms. The Hall–Kier alpha value is -2.57. The highest BCUT2D eigenvalue weighted by atomic mass is 16.2. The van der Waals surface area contributed by atoms with E-state index in [9.17, 15) is 4.79 Å². The molecule has 3 rings (SSSR count). The number of carbonyl (C=O) groups is 1. The predicted molar refractivity (Wildman–Crippen MR) is 85.4 cm³/mol. The third kappa shape index (κ3) is 1.84. The summed E-state index contributed by atoms with van der Waals surface area (Å²) in [5.74, 6) is 0.0985. The van der Waals surface area contributed by atoms with Crippen molar-refractivity contribution in [2.75, 3.05) is 11.9 Å². The summed E-state index contributed by atoms with van der Waals surface area (Å²) >= 11 is 0. The van der Waals surface area contributed by atoms with Crippen LogP contribution in [0.15, 0.2) is 73.0 Å². The summed E-state index contributed by atoms with van der Waals surface area (Å²) in [5.41, 5.74) is 5.18. The van der Waals surface area contributed by atoms with Crippen molar-refractivity contribution in [3.8, 4) is 0 Å². The number of rotatable bonds is 3. The minimum Gasteiger partial charge on any atom is -0.314 e. The average Bonchev–Trinajstić information content (AvgIpc) is 2.76. The van der Waals surface area contributed by atoms with Crippen molar-refractivity contribution in [2.24, 2.45) is 0 Å². The summed E-state index contributed by atoms with van der Waals surface area (Å²) in [7, 11) is 1.84. The Morgan fingerprint density at radius 2 is 1.81 bits per heavy atom. The molecule has 0 bridgehead atoms. The van der Waals surface area contributed by atoms with E-state index >= 15 is 0 Å². The van der Waals surface area contributed by atoms with Crippen LogP contribution in [0.25, 0.3) is 0 Å². The van der Waals surface area contributed by atoms with Crippen molar-refractivity contribution < 1.29 is 4.79 Å². The molecule has 104 valence electrons. The molecule has 1 heterocycles. The van der Waals surface area contributed by atoms with E-state index in [4.69, 9.17) is 0 Å². The van der Waals surface area contributed by atoms with Crippen LogP contribution >= 0.6 is 0 Å². The van der Waals surface area contributed by atoms with Gasteiger partial charge in [-0.3, -0.25) is 4.79 Å². The predicted octanol–water partition coefficient (Wildman–Crippen LogP) is 3.68. The first kappa shape index (κ1) is 13.4. The lowest BCUT2D eigenvalue weighted by atomic mass is 9.73. The van der Waals surface area contributed by atoms with Crippen molar-refractivity contribution in [3.63, 3.8) is 0 Å². The second kappa shape index (κ2) is 5.08. The quantitative estimate of drug-likeness (QED) is 0.782. The van der Waals surface area contributed by atoms with Crippen molar-refractivity contribution in [3.05, 3.63) is 84.1 Å². The first-order valence-corrected chi connectivity index (χ1v) is 6.99. The Morgan fingerprint density at radius 1 is 1.14 bits per heavy atom. The number of amides is 1. The second-order valence-electron chi connectivity index (χ2n) is 5.27. The zero-order valence-corrected chi connectivity index (χ0v) is 12.0. The number of carbonyl (C=O) groups excluding carboxylic acids is 1. The van der Waals surface area contributed by atoms with Crippen molar-refractivity contribution in [1.29, 1.82) is 0 Å². The first-order chi connectivity index (χ1) is 10.2. The van der Waals surface area contributed by atoms with E-state index in [-0.39, 0.29) is 5.91 Å². The van der Waals surface area contributed by atoms with E-state index in [0.717, 1.165) is 16.8 Å². The Labute approximate surface area is 125 Å². The summed E-state index contributed by atoms with van der Waals surface area (Å²) in [4.78, 5) is 14.8. The van der Waals surface area contributed by atoms with Crippen LogP contribution in [0.1, 0.15) is 17.5 Å². The average molecular weight is 275 g/mol. The fraction of sp³-hybridized carbons (Fsp3) is 0.158. The molecule has 1 aliphatic rings. The summed E-state index contributed by atoms with van der Waals surface area (Å²) in [6, 6.07) is 17.9. The molecule has 0 fully saturated rings. The number of para-hydroxylation sites is 1. The van der Waals surface area contributed by atoms with Crippen LogP contribution in [-0.2, 0) is 10.2 Å². The van der Waals surface area contributed by atoms with E-state index < -0.39 is 5.41 Å². The van der Waals surface area contributed by atoms with E-state index in [1.807, 2.05) is 67.7 Å². The number of hydrogen-bond acceptors (Lipinski definition) is 1. The van der Waals surface area contributed by atoms with Crippen molar-refractivity contribution in [1.82, 2.24) is 0 Å². The monoisotopic (exact) mass is 275 g/mol. The molecule has 1 amide bonds. The van der Waals surface area contributed by atoms with E-state index in [1.165, 1.54) is 0 Å². The van der Waals surface area contributed by atoms with Gasteiger partial charge in [0.25, 0.3) is 0 Å². The van der Waals surface area contributed by atoms with Gasteiger partial charge >= 0.3 is 0 Å². The number of likely N-dealkylation sites (N-methyl/N-ethyl adjacent to an activating group) is 1. The molecule has 0 aliphatic carbocycles. The zero-order valence-electron chi connectivity index (χ0n) is 12.0. The minimum absolute atomic E-state index is 0.0985. The van der Waals surface area contributed by atoms with Gasteiger partial charge in [0, 0.05) is 12.7 Å². The molecule has 2 nitrogen and oxygen atoms in total. The van der Waals surface area contributed by atoms with Crippen LogP contribution in [0.4, 0.5) is 5.69 Å². The Balaban J connectivity index is 2.30. The maximum Gasteiger partial charge on any atom is 0.242 e. The normalized spacial score (nSPS) is 20.0. The van der Waals surface area contributed by atoms with Gasteiger partial charge in [0.05, 0.1) is 0 Å². The number of fused-ring (bicyclic) bond motifs is 1. The van der Waals surface area contributed by atoms with E-state index in [2.05, 4.69) is 12.3 Å². The molecule has 0 spiro atoms. The highest BCUT2D eigenvalue weighted by molar-refractivity contribution is 6.10. The van der Waals surface area contributed by atoms with Gasteiger partial charge in [-0.2, -0.15) is 0 Å². The van der Waals surface area contributed by atoms with Crippen LogP contribution in [0.5, 0.6) is 0 Å². The third-order valence-corrected chi connectivity index (χ3v) is 4.21. The molecule has 0 aromatic heterocycles. The van der Waals surface area contributed by atoms with Gasteiger partial charge in [-0.15, -0.1) is 5.73 Å². The van der Waals surface area contributed by atoms with Gasteiger partial charge in [-0.05, 0) is 29.7 Å². The maximum absolute atomic E-state index is 13.0. The summed E-state index contributed by atoms with van der Waals surface area (Å²) < 4.78 is 0. The van der Waals surface area contributed by atoms with Crippen molar-refractivity contribution in [2.45, 2.75) is 11.8 Å². The molecule has 0 radical (unpaired) electrons. The fourth-order valence-corrected chi connectivity index (χ4v) is 3.18. The Bertz CT molecular complexity index is 728. The number of anilines is 1. The third-order valence-electron chi connectivity index (χ3n) is 4.21. The smallest absolute Gasteiger partial charge is 0.242 e. The summed E-state index contributed by atoms with van der Waals surface area (Å²) in [6.45, 7) is 3.64. The molecule has 0 N–H and O–H groups in total. The summed E-state index contributed by atoms with van der Waals surface area (Å²) in [5, 5.41) is 0. The van der Waals surface area contributed by atoms with Crippen LogP contribution in [-0.4, -0.2) is 13.0 Å². The molecule has 2 aromatic carbocycles. The van der Waals surface area contributed by atoms with E-state index in [1.54, 1.807) is 4.90 Å². The Morgan fingerprint density at radius 3 is 2.52 bits per heavy atom. The zero-order chi connectivity index (χ0) is 14.9. The lowest BCUT2D eigenvalue weighted by Gasteiger charge is -2.27. The molecular formula is C19H17NO. The molecular weight excluding hydrogens is 258 g/mol. The molecule has 2 heteroatoms. The van der Waals surface area contributed by atoms with Gasteiger partial charge < -0.3 is 4.90 Å². The second-order valence-corrected chi connectivity index (χ2v) is 5.27. The molecule has 1 unspecified atom stereocenters. The van der Waals surface area contributed by atoms with Crippen molar-refractivity contribution >= 4 is 11.6 Å². The van der Waals surface area contributed by atoms with Crippen LogP contribution in [0.3, 0.4) is 0 Å². The van der Waals surface area contributed by atoms with Crippen LogP contribution in [0, 0.1) is 0 Å². The number of hydrogen-bond donors (Lipinski definition) is 0. The van der Waals surface area contributed by atoms with E-state index in [0.29, 0.717) is 6.42 Å². The maximum atomic E-state index is 13.0. The van der Waals surface area contributed by atoms with Gasteiger partial charge in [-0.1, -0.05) is 55.1 Å². The fourth-order valence-electron chi connectivity index (χ4n) is 3.18. The van der Waals surface area contributed by atoms with Gasteiger partial charge in [-0.25, -0.2) is 0 Å². The highest BCUT2D eigenvalue weighted by Crippen LogP contribution is 2.47. The molecule has 1 aliphatic heterocycles. The molecule has 0 saturated carbocycles. The van der Waals surface area contributed by atoms with Gasteiger partial charge in [0.1, 0.15) is 5.41 Å². The number of nitrogens with zero attached hydrogens (tertiary/aromatic N) is 1. The number of benzene rings is 2.